The zero-order chi connectivity index (χ0) is 11.5. The van der Waals surface area contributed by atoms with Crippen LogP contribution in [0.1, 0.15) is 18.5 Å². The van der Waals surface area contributed by atoms with Gasteiger partial charge in [0.1, 0.15) is 0 Å². The summed E-state index contributed by atoms with van der Waals surface area (Å²) in [5.41, 5.74) is 1.17. The molecular weight excluding hydrogens is 268 g/mol. The second-order valence-electron chi connectivity index (χ2n) is 3.95. The van der Waals surface area contributed by atoms with Crippen LogP contribution in [0.3, 0.4) is 0 Å². The number of carbonyl (C=O) groups is 1. The molecule has 3 nitrogen and oxygen atoms in total. The Balaban J connectivity index is 2.30. The van der Waals surface area contributed by atoms with Crippen LogP contribution in [0, 0.1) is 0 Å². The van der Waals surface area contributed by atoms with Gasteiger partial charge in [0.2, 0.25) is 5.91 Å². The first-order valence-corrected chi connectivity index (χ1v) is 6.22. The third-order valence-electron chi connectivity index (χ3n) is 2.91. The van der Waals surface area contributed by atoms with Crippen molar-refractivity contribution < 1.29 is 4.79 Å². The standard InChI is InChI=1S/C12H15BrN2O/c1-9(16)15-7-6-14-8-12(15)10-4-2-3-5-11(10)13/h2-5,12,14H,6-8H2,1H3. The highest BCUT2D eigenvalue weighted by atomic mass is 79.9. The lowest BCUT2D eigenvalue weighted by Gasteiger charge is -2.36. The number of hydrogen-bond donors (Lipinski definition) is 1. The Bertz CT molecular complexity index is 394. The van der Waals surface area contributed by atoms with Crippen LogP contribution in [0.15, 0.2) is 28.7 Å². The fourth-order valence-electron chi connectivity index (χ4n) is 2.10. The van der Waals surface area contributed by atoms with Gasteiger partial charge < -0.3 is 10.2 Å². The Morgan fingerprint density at radius 1 is 1.50 bits per heavy atom. The molecule has 2 rings (SSSR count). The molecular formula is C12H15BrN2O. The van der Waals surface area contributed by atoms with E-state index in [0.29, 0.717) is 0 Å². The van der Waals surface area contributed by atoms with Gasteiger partial charge in [0, 0.05) is 31.0 Å². The van der Waals surface area contributed by atoms with Crippen LogP contribution in [0.5, 0.6) is 0 Å². The zero-order valence-corrected chi connectivity index (χ0v) is 10.8. The first kappa shape index (κ1) is 11.6. The van der Waals surface area contributed by atoms with E-state index in [1.54, 1.807) is 6.92 Å². The minimum atomic E-state index is 0.141. The summed E-state index contributed by atoms with van der Waals surface area (Å²) in [4.78, 5) is 13.5. The smallest absolute Gasteiger partial charge is 0.220 e. The van der Waals surface area contributed by atoms with E-state index in [9.17, 15) is 4.79 Å². The molecule has 0 saturated carbocycles. The van der Waals surface area contributed by atoms with E-state index >= 15 is 0 Å². The van der Waals surface area contributed by atoms with Crippen LogP contribution in [0.25, 0.3) is 0 Å². The van der Waals surface area contributed by atoms with Crippen LogP contribution in [-0.2, 0) is 4.79 Å². The number of benzene rings is 1. The van der Waals surface area contributed by atoms with Gasteiger partial charge in [0.15, 0.2) is 0 Å². The lowest BCUT2D eigenvalue weighted by Crippen LogP contribution is -2.48. The summed E-state index contributed by atoms with van der Waals surface area (Å²) in [5, 5.41) is 3.33. The van der Waals surface area contributed by atoms with Gasteiger partial charge in [-0.05, 0) is 11.6 Å². The van der Waals surface area contributed by atoms with E-state index in [1.165, 1.54) is 5.56 Å². The van der Waals surface area contributed by atoms with Crippen molar-refractivity contribution in [2.24, 2.45) is 0 Å². The fraction of sp³-hybridized carbons (Fsp3) is 0.417. The highest BCUT2D eigenvalue weighted by molar-refractivity contribution is 9.10. The molecule has 1 saturated heterocycles. The maximum absolute atomic E-state index is 11.6. The van der Waals surface area contributed by atoms with Gasteiger partial charge in [-0.2, -0.15) is 0 Å². The van der Waals surface area contributed by atoms with Crippen LogP contribution in [-0.4, -0.2) is 30.4 Å². The number of carbonyl (C=O) groups excluding carboxylic acids is 1. The summed E-state index contributed by atoms with van der Waals surface area (Å²) in [6, 6.07) is 8.22. The molecule has 1 aromatic rings. The second-order valence-corrected chi connectivity index (χ2v) is 4.81. The van der Waals surface area contributed by atoms with E-state index < -0.39 is 0 Å². The fourth-order valence-corrected chi connectivity index (χ4v) is 2.65. The molecule has 86 valence electrons. The monoisotopic (exact) mass is 282 g/mol. The number of amides is 1. The lowest BCUT2D eigenvalue weighted by atomic mass is 10.0. The highest BCUT2D eigenvalue weighted by Crippen LogP contribution is 2.28. The molecule has 0 bridgehead atoms. The van der Waals surface area contributed by atoms with Gasteiger partial charge in [0.05, 0.1) is 6.04 Å². The van der Waals surface area contributed by atoms with E-state index in [4.69, 9.17) is 0 Å². The maximum Gasteiger partial charge on any atom is 0.220 e. The Morgan fingerprint density at radius 2 is 2.25 bits per heavy atom. The minimum Gasteiger partial charge on any atom is -0.333 e. The molecule has 0 aliphatic carbocycles. The molecule has 0 spiro atoms. The van der Waals surface area contributed by atoms with Gasteiger partial charge >= 0.3 is 0 Å². The molecule has 1 heterocycles. The summed E-state index contributed by atoms with van der Waals surface area (Å²) in [6.45, 7) is 4.11. The summed E-state index contributed by atoms with van der Waals surface area (Å²) in [6.07, 6.45) is 0. The number of halogens is 1. The maximum atomic E-state index is 11.6. The molecule has 0 aromatic heterocycles. The summed E-state index contributed by atoms with van der Waals surface area (Å²) < 4.78 is 1.06. The molecule has 16 heavy (non-hydrogen) atoms. The van der Waals surface area contributed by atoms with E-state index in [0.717, 1.165) is 24.1 Å². The van der Waals surface area contributed by atoms with Gasteiger partial charge in [-0.3, -0.25) is 4.79 Å². The average Bonchev–Trinajstić information content (AvgIpc) is 2.29. The topological polar surface area (TPSA) is 32.3 Å². The Morgan fingerprint density at radius 3 is 2.94 bits per heavy atom. The third kappa shape index (κ3) is 2.28. The van der Waals surface area contributed by atoms with Crippen LogP contribution < -0.4 is 5.32 Å². The van der Waals surface area contributed by atoms with Crippen molar-refractivity contribution in [1.29, 1.82) is 0 Å². The minimum absolute atomic E-state index is 0.141. The Labute approximate surface area is 104 Å². The van der Waals surface area contributed by atoms with Crippen molar-refractivity contribution in [3.8, 4) is 0 Å². The normalized spacial score (nSPS) is 20.9. The number of hydrogen-bond acceptors (Lipinski definition) is 2. The molecule has 1 aliphatic rings. The van der Waals surface area contributed by atoms with Gasteiger partial charge in [-0.15, -0.1) is 0 Å². The molecule has 1 aromatic carbocycles. The third-order valence-corrected chi connectivity index (χ3v) is 3.63. The summed E-state index contributed by atoms with van der Waals surface area (Å²) in [5.74, 6) is 0.141. The van der Waals surface area contributed by atoms with Gasteiger partial charge in [0.25, 0.3) is 0 Å². The Kier molecular flexibility index (Phi) is 3.61. The highest BCUT2D eigenvalue weighted by Gasteiger charge is 2.26. The predicted octanol–water partition coefficient (Wildman–Crippen LogP) is 1.94. The molecule has 1 unspecified atom stereocenters. The molecule has 1 aliphatic heterocycles. The molecule has 1 fully saturated rings. The van der Waals surface area contributed by atoms with Crippen LogP contribution in [0.2, 0.25) is 0 Å². The first-order chi connectivity index (χ1) is 7.70. The van der Waals surface area contributed by atoms with Crippen molar-refractivity contribution in [1.82, 2.24) is 10.2 Å². The molecule has 1 atom stereocenters. The number of nitrogens with zero attached hydrogens (tertiary/aromatic N) is 1. The van der Waals surface area contributed by atoms with Crippen molar-refractivity contribution >= 4 is 21.8 Å². The quantitative estimate of drug-likeness (QED) is 0.854. The van der Waals surface area contributed by atoms with E-state index in [1.807, 2.05) is 23.1 Å². The molecule has 1 amide bonds. The van der Waals surface area contributed by atoms with Crippen molar-refractivity contribution in [3.63, 3.8) is 0 Å². The van der Waals surface area contributed by atoms with Crippen molar-refractivity contribution in [3.05, 3.63) is 34.3 Å². The van der Waals surface area contributed by atoms with Gasteiger partial charge in [-0.1, -0.05) is 34.1 Å². The molecule has 1 N–H and O–H groups in total. The molecule has 4 heteroatoms. The molecule has 0 radical (unpaired) electrons. The van der Waals surface area contributed by atoms with E-state index in [-0.39, 0.29) is 11.9 Å². The number of rotatable bonds is 1. The predicted molar refractivity (Wildman–Crippen MR) is 67.1 cm³/mol. The average molecular weight is 283 g/mol. The van der Waals surface area contributed by atoms with Crippen molar-refractivity contribution in [2.75, 3.05) is 19.6 Å². The van der Waals surface area contributed by atoms with Gasteiger partial charge in [-0.25, -0.2) is 0 Å². The van der Waals surface area contributed by atoms with E-state index in [2.05, 4.69) is 27.3 Å². The SMILES string of the molecule is CC(=O)N1CCNCC1c1ccccc1Br. The summed E-state index contributed by atoms with van der Waals surface area (Å²) in [7, 11) is 0. The zero-order valence-electron chi connectivity index (χ0n) is 9.24. The van der Waals surface area contributed by atoms with Crippen LogP contribution in [0.4, 0.5) is 0 Å². The van der Waals surface area contributed by atoms with Crippen molar-refractivity contribution in [2.45, 2.75) is 13.0 Å². The largest absolute Gasteiger partial charge is 0.333 e. The Hall–Kier alpha value is -0.870. The second kappa shape index (κ2) is 4.97. The van der Waals surface area contributed by atoms with Crippen LogP contribution >= 0.6 is 15.9 Å². The first-order valence-electron chi connectivity index (χ1n) is 5.42. The summed E-state index contributed by atoms with van der Waals surface area (Å²) >= 11 is 3.54. The number of nitrogens with one attached hydrogen (secondary N) is 1. The number of piperazine rings is 1. The lowest BCUT2D eigenvalue weighted by molar-refractivity contribution is -0.132.